The smallest absolute Gasteiger partial charge is 0.312 e. The van der Waals surface area contributed by atoms with E-state index in [0.29, 0.717) is 4.90 Å². The molecule has 1 aromatic rings. The molecular formula is C10H10F3N5O2. The van der Waals surface area contributed by atoms with E-state index in [0.717, 1.165) is 11.3 Å². The number of alkyl halides is 3. The number of nitrogens with zero attached hydrogens (tertiary/aromatic N) is 4. The zero-order valence-electron chi connectivity index (χ0n) is 10.1. The van der Waals surface area contributed by atoms with Crippen LogP contribution in [0.25, 0.3) is 0 Å². The van der Waals surface area contributed by atoms with Gasteiger partial charge in [-0.25, -0.2) is 19.8 Å². The van der Waals surface area contributed by atoms with E-state index in [1.807, 2.05) is 0 Å². The van der Waals surface area contributed by atoms with Crippen LogP contribution in [0.3, 0.4) is 0 Å². The van der Waals surface area contributed by atoms with Crippen molar-refractivity contribution in [2.45, 2.75) is 6.18 Å². The Balaban J connectivity index is 1.95. The fraction of sp³-hybridized carbons (Fsp3) is 0.400. The summed E-state index contributed by atoms with van der Waals surface area (Å²) in [5.74, 6) is -0.686. The van der Waals surface area contributed by atoms with Gasteiger partial charge in [0.05, 0.1) is 6.54 Å². The maximum Gasteiger partial charge on any atom is 0.406 e. The molecule has 0 bridgehead atoms. The average molecular weight is 289 g/mol. The SMILES string of the molecule is O=C(NN1CCN(CC(F)(F)F)C1=O)c1ccncn1. The molecule has 1 aromatic heterocycles. The lowest BCUT2D eigenvalue weighted by Crippen LogP contribution is -2.46. The largest absolute Gasteiger partial charge is 0.406 e. The van der Waals surface area contributed by atoms with Crippen molar-refractivity contribution < 1.29 is 22.8 Å². The van der Waals surface area contributed by atoms with E-state index in [2.05, 4.69) is 15.4 Å². The van der Waals surface area contributed by atoms with Crippen molar-refractivity contribution in [2.24, 2.45) is 0 Å². The molecule has 0 atom stereocenters. The van der Waals surface area contributed by atoms with Crippen LogP contribution < -0.4 is 5.43 Å². The van der Waals surface area contributed by atoms with Crippen LogP contribution in [0.2, 0.25) is 0 Å². The Morgan fingerprint density at radius 2 is 2.15 bits per heavy atom. The van der Waals surface area contributed by atoms with Gasteiger partial charge in [0, 0.05) is 12.7 Å². The molecule has 2 heterocycles. The summed E-state index contributed by atoms with van der Waals surface area (Å²) in [6, 6.07) is 0.424. The molecule has 108 valence electrons. The number of nitrogens with one attached hydrogen (secondary N) is 1. The Labute approximate surface area is 111 Å². The predicted octanol–water partition coefficient (Wildman–Crippen LogP) is 0.421. The number of amides is 3. The van der Waals surface area contributed by atoms with Crippen LogP contribution in [0, 0.1) is 0 Å². The second kappa shape index (κ2) is 5.31. The summed E-state index contributed by atoms with van der Waals surface area (Å²) in [5, 5.41) is 0.830. The molecule has 1 aliphatic heterocycles. The van der Waals surface area contributed by atoms with E-state index in [1.54, 1.807) is 0 Å². The summed E-state index contributed by atoms with van der Waals surface area (Å²) in [5.41, 5.74) is 2.22. The van der Waals surface area contributed by atoms with Crippen molar-refractivity contribution in [3.05, 3.63) is 24.3 Å². The Bertz CT molecular complexity index is 507. The monoisotopic (exact) mass is 289 g/mol. The molecule has 1 fully saturated rings. The number of hydrogen-bond donors (Lipinski definition) is 1. The van der Waals surface area contributed by atoms with Crippen molar-refractivity contribution in [3.63, 3.8) is 0 Å². The van der Waals surface area contributed by atoms with Gasteiger partial charge in [0.1, 0.15) is 18.6 Å². The topological polar surface area (TPSA) is 78.4 Å². The second-order valence-electron chi connectivity index (χ2n) is 4.01. The fourth-order valence-corrected chi connectivity index (χ4v) is 1.65. The Morgan fingerprint density at radius 1 is 1.40 bits per heavy atom. The Morgan fingerprint density at radius 3 is 2.75 bits per heavy atom. The molecule has 1 aliphatic rings. The van der Waals surface area contributed by atoms with Crippen molar-refractivity contribution in [1.29, 1.82) is 0 Å². The number of hydrazine groups is 1. The van der Waals surface area contributed by atoms with Gasteiger partial charge in [-0.15, -0.1) is 0 Å². The zero-order valence-corrected chi connectivity index (χ0v) is 10.1. The van der Waals surface area contributed by atoms with Gasteiger partial charge in [-0.2, -0.15) is 13.2 Å². The summed E-state index contributed by atoms with van der Waals surface area (Å²) in [4.78, 5) is 31.3. The Kier molecular flexibility index (Phi) is 3.72. The minimum Gasteiger partial charge on any atom is -0.312 e. The van der Waals surface area contributed by atoms with Crippen LogP contribution in [0.1, 0.15) is 10.5 Å². The van der Waals surface area contributed by atoms with Gasteiger partial charge in [0.15, 0.2) is 0 Å². The van der Waals surface area contributed by atoms with E-state index in [1.165, 1.54) is 12.3 Å². The summed E-state index contributed by atoms with van der Waals surface area (Å²) < 4.78 is 36.7. The van der Waals surface area contributed by atoms with E-state index in [9.17, 15) is 22.8 Å². The second-order valence-corrected chi connectivity index (χ2v) is 4.01. The van der Waals surface area contributed by atoms with Gasteiger partial charge in [0.25, 0.3) is 5.91 Å². The number of hydrogen-bond acceptors (Lipinski definition) is 4. The number of urea groups is 1. The normalized spacial score (nSPS) is 15.7. The van der Waals surface area contributed by atoms with Crippen molar-refractivity contribution in [2.75, 3.05) is 19.6 Å². The Hall–Kier alpha value is -2.39. The molecule has 10 heteroatoms. The first-order valence-corrected chi connectivity index (χ1v) is 5.57. The van der Waals surface area contributed by atoms with Crippen molar-refractivity contribution in [3.8, 4) is 0 Å². The van der Waals surface area contributed by atoms with Gasteiger partial charge in [-0.05, 0) is 6.07 Å². The lowest BCUT2D eigenvalue weighted by molar-refractivity contribution is -0.138. The highest BCUT2D eigenvalue weighted by Crippen LogP contribution is 2.19. The van der Waals surface area contributed by atoms with Crippen LogP contribution in [0.4, 0.5) is 18.0 Å². The van der Waals surface area contributed by atoms with E-state index >= 15 is 0 Å². The third-order valence-corrected chi connectivity index (χ3v) is 2.52. The van der Waals surface area contributed by atoms with Crippen LogP contribution in [0.5, 0.6) is 0 Å². The van der Waals surface area contributed by atoms with Gasteiger partial charge < -0.3 is 4.90 Å². The maximum absolute atomic E-state index is 12.2. The lowest BCUT2D eigenvalue weighted by Gasteiger charge is -2.19. The minimum absolute atomic E-state index is 0.0158. The summed E-state index contributed by atoms with van der Waals surface area (Å²) in [6.07, 6.45) is -1.98. The third-order valence-electron chi connectivity index (χ3n) is 2.52. The zero-order chi connectivity index (χ0) is 14.8. The molecule has 2 rings (SSSR count). The highest BCUT2D eigenvalue weighted by molar-refractivity contribution is 5.93. The molecule has 0 aliphatic carbocycles. The first-order valence-electron chi connectivity index (χ1n) is 5.57. The lowest BCUT2D eigenvalue weighted by atomic mass is 10.4. The fourth-order valence-electron chi connectivity index (χ4n) is 1.65. The molecule has 20 heavy (non-hydrogen) atoms. The molecule has 0 aromatic carbocycles. The molecule has 1 saturated heterocycles. The number of carbonyl (C=O) groups excluding carboxylic acids is 2. The average Bonchev–Trinajstić information content (AvgIpc) is 2.71. The van der Waals surface area contributed by atoms with Gasteiger partial charge in [0.2, 0.25) is 0 Å². The molecule has 1 N–H and O–H groups in total. The molecule has 0 saturated carbocycles. The molecule has 3 amide bonds. The van der Waals surface area contributed by atoms with Gasteiger partial charge in [-0.1, -0.05) is 0 Å². The van der Waals surface area contributed by atoms with E-state index < -0.39 is 24.7 Å². The van der Waals surface area contributed by atoms with Crippen LogP contribution in [-0.2, 0) is 0 Å². The molecule has 0 unspecified atom stereocenters. The standard InChI is InChI=1S/C10H10F3N5O2/c11-10(12,13)5-17-3-4-18(9(17)20)16-8(19)7-1-2-14-6-15-7/h1-2,6H,3-5H2,(H,16,19). The molecular weight excluding hydrogens is 279 g/mol. The van der Waals surface area contributed by atoms with Gasteiger partial charge in [-0.3, -0.25) is 10.2 Å². The number of carbonyl (C=O) groups is 2. The summed E-state index contributed by atoms with van der Waals surface area (Å²) in [7, 11) is 0. The number of rotatable bonds is 3. The summed E-state index contributed by atoms with van der Waals surface area (Å²) in [6.45, 7) is -1.47. The predicted molar refractivity (Wildman–Crippen MR) is 59.2 cm³/mol. The number of halogens is 3. The van der Waals surface area contributed by atoms with Crippen molar-refractivity contribution in [1.82, 2.24) is 25.3 Å². The van der Waals surface area contributed by atoms with Crippen LogP contribution in [-0.4, -0.2) is 57.6 Å². The first-order chi connectivity index (χ1) is 9.37. The summed E-state index contributed by atoms with van der Waals surface area (Å²) >= 11 is 0. The van der Waals surface area contributed by atoms with Crippen LogP contribution in [0.15, 0.2) is 18.6 Å². The quantitative estimate of drug-likeness (QED) is 0.874. The third kappa shape index (κ3) is 3.33. The highest BCUT2D eigenvalue weighted by atomic mass is 19.4. The first kappa shape index (κ1) is 14.0. The maximum atomic E-state index is 12.2. The molecule has 7 nitrogen and oxygen atoms in total. The highest BCUT2D eigenvalue weighted by Gasteiger charge is 2.38. The molecule has 0 spiro atoms. The van der Waals surface area contributed by atoms with Crippen LogP contribution >= 0.6 is 0 Å². The number of aromatic nitrogens is 2. The molecule has 0 radical (unpaired) electrons. The van der Waals surface area contributed by atoms with E-state index in [4.69, 9.17) is 0 Å². The van der Waals surface area contributed by atoms with Crippen molar-refractivity contribution >= 4 is 11.9 Å². The minimum atomic E-state index is -4.47. The van der Waals surface area contributed by atoms with E-state index in [-0.39, 0.29) is 18.8 Å². The van der Waals surface area contributed by atoms with Gasteiger partial charge >= 0.3 is 12.2 Å².